The third kappa shape index (κ3) is 3.16. The molecule has 0 heterocycles. The van der Waals surface area contributed by atoms with Gasteiger partial charge in [0.2, 0.25) is 0 Å². The zero-order chi connectivity index (χ0) is 12.8. The molecule has 1 aliphatic rings. The summed E-state index contributed by atoms with van der Waals surface area (Å²) in [7, 11) is 1.69. The average molecular weight is 249 g/mol. The van der Waals surface area contributed by atoms with E-state index in [1.807, 2.05) is 12.1 Å². The van der Waals surface area contributed by atoms with Crippen LogP contribution in [0.5, 0.6) is 11.5 Å². The highest BCUT2D eigenvalue weighted by Gasteiger charge is 2.18. The second-order valence-electron chi connectivity index (χ2n) is 4.87. The molecule has 2 rings (SSSR count). The standard InChI is InChI=1S/C15H23NO2/c1-17-14-9-5-6-12(10-11-16)15(14)18-13-7-3-2-4-8-13/h5-6,9,13H,2-4,7-8,10-11,16H2,1H3. The van der Waals surface area contributed by atoms with Gasteiger partial charge in [0.05, 0.1) is 13.2 Å². The van der Waals surface area contributed by atoms with Crippen LogP contribution in [0.4, 0.5) is 0 Å². The van der Waals surface area contributed by atoms with Crippen LogP contribution in [0, 0.1) is 0 Å². The first-order chi connectivity index (χ1) is 8.85. The normalized spacial score (nSPS) is 16.6. The van der Waals surface area contributed by atoms with E-state index in [4.69, 9.17) is 15.2 Å². The predicted octanol–water partition coefficient (Wildman–Crippen LogP) is 2.91. The van der Waals surface area contributed by atoms with E-state index in [0.717, 1.165) is 36.3 Å². The van der Waals surface area contributed by atoms with E-state index >= 15 is 0 Å². The Kier molecular flexibility index (Phi) is 4.88. The second-order valence-corrected chi connectivity index (χ2v) is 4.87. The summed E-state index contributed by atoms with van der Waals surface area (Å²) in [5.41, 5.74) is 6.81. The minimum absolute atomic E-state index is 0.339. The van der Waals surface area contributed by atoms with Gasteiger partial charge in [-0.05, 0) is 50.3 Å². The van der Waals surface area contributed by atoms with Gasteiger partial charge in [-0.25, -0.2) is 0 Å². The van der Waals surface area contributed by atoms with Crippen molar-refractivity contribution in [2.24, 2.45) is 5.73 Å². The van der Waals surface area contributed by atoms with Crippen LogP contribution in [0.15, 0.2) is 18.2 Å². The summed E-state index contributed by atoms with van der Waals surface area (Å²) in [6.45, 7) is 0.633. The van der Waals surface area contributed by atoms with Crippen LogP contribution in [0.1, 0.15) is 37.7 Å². The van der Waals surface area contributed by atoms with Crippen LogP contribution in [0.3, 0.4) is 0 Å². The van der Waals surface area contributed by atoms with E-state index in [9.17, 15) is 0 Å². The van der Waals surface area contributed by atoms with E-state index < -0.39 is 0 Å². The smallest absolute Gasteiger partial charge is 0.164 e. The Morgan fingerprint density at radius 3 is 2.67 bits per heavy atom. The highest BCUT2D eigenvalue weighted by molar-refractivity contribution is 5.47. The molecule has 0 aromatic heterocycles. The summed E-state index contributed by atoms with van der Waals surface area (Å²) in [5, 5.41) is 0. The van der Waals surface area contributed by atoms with Gasteiger partial charge in [-0.1, -0.05) is 18.6 Å². The Hall–Kier alpha value is -1.22. The Bertz CT molecular complexity index is 373. The van der Waals surface area contributed by atoms with Crippen molar-refractivity contribution in [3.63, 3.8) is 0 Å². The number of rotatable bonds is 5. The van der Waals surface area contributed by atoms with Gasteiger partial charge in [0.1, 0.15) is 0 Å². The molecule has 3 heteroatoms. The van der Waals surface area contributed by atoms with E-state index in [1.54, 1.807) is 7.11 Å². The van der Waals surface area contributed by atoms with Crippen LogP contribution in [0.25, 0.3) is 0 Å². The van der Waals surface area contributed by atoms with Gasteiger partial charge in [-0.2, -0.15) is 0 Å². The molecule has 0 amide bonds. The van der Waals surface area contributed by atoms with Crippen molar-refractivity contribution in [3.8, 4) is 11.5 Å². The largest absolute Gasteiger partial charge is 0.493 e. The number of nitrogens with two attached hydrogens (primary N) is 1. The molecule has 18 heavy (non-hydrogen) atoms. The summed E-state index contributed by atoms with van der Waals surface area (Å²) >= 11 is 0. The molecule has 0 aliphatic heterocycles. The van der Waals surface area contributed by atoms with Gasteiger partial charge in [-0.15, -0.1) is 0 Å². The van der Waals surface area contributed by atoms with Gasteiger partial charge >= 0.3 is 0 Å². The molecule has 2 N–H and O–H groups in total. The molecule has 1 fully saturated rings. The average Bonchev–Trinajstić information content (AvgIpc) is 2.42. The molecule has 0 unspecified atom stereocenters. The van der Waals surface area contributed by atoms with Crippen LogP contribution in [0.2, 0.25) is 0 Å². The summed E-state index contributed by atoms with van der Waals surface area (Å²) < 4.78 is 11.6. The maximum Gasteiger partial charge on any atom is 0.164 e. The second kappa shape index (κ2) is 6.64. The molecule has 0 spiro atoms. The Labute approximate surface area is 109 Å². The van der Waals surface area contributed by atoms with Crippen LogP contribution >= 0.6 is 0 Å². The lowest BCUT2D eigenvalue weighted by Crippen LogP contribution is -2.21. The lowest BCUT2D eigenvalue weighted by Gasteiger charge is -2.25. The Morgan fingerprint density at radius 1 is 1.22 bits per heavy atom. The van der Waals surface area contributed by atoms with Crippen molar-refractivity contribution in [1.82, 2.24) is 0 Å². The van der Waals surface area contributed by atoms with Crippen molar-refractivity contribution in [1.29, 1.82) is 0 Å². The molecule has 1 aromatic rings. The molecule has 0 atom stereocenters. The number of para-hydroxylation sites is 1. The monoisotopic (exact) mass is 249 g/mol. The first-order valence-corrected chi connectivity index (χ1v) is 6.87. The van der Waals surface area contributed by atoms with E-state index in [2.05, 4.69) is 6.07 Å². The van der Waals surface area contributed by atoms with Crippen molar-refractivity contribution in [2.75, 3.05) is 13.7 Å². The van der Waals surface area contributed by atoms with Gasteiger partial charge in [0, 0.05) is 0 Å². The van der Waals surface area contributed by atoms with Gasteiger partial charge < -0.3 is 15.2 Å². The predicted molar refractivity (Wildman–Crippen MR) is 73.3 cm³/mol. The van der Waals surface area contributed by atoms with Gasteiger partial charge in [-0.3, -0.25) is 0 Å². The Morgan fingerprint density at radius 2 is 2.00 bits per heavy atom. The van der Waals surface area contributed by atoms with Crippen molar-refractivity contribution in [2.45, 2.75) is 44.6 Å². The van der Waals surface area contributed by atoms with Crippen molar-refractivity contribution in [3.05, 3.63) is 23.8 Å². The molecule has 0 radical (unpaired) electrons. The number of ether oxygens (including phenoxy) is 2. The van der Waals surface area contributed by atoms with Crippen LogP contribution in [-0.4, -0.2) is 19.8 Å². The highest BCUT2D eigenvalue weighted by Crippen LogP contribution is 2.34. The first kappa shape index (κ1) is 13.2. The molecule has 1 aromatic carbocycles. The summed E-state index contributed by atoms with van der Waals surface area (Å²) in [6.07, 6.45) is 7.35. The topological polar surface area (TPSA) is 44.5 Å². The van der Waals surface area contributed by atoms with Crippen molar-refractivity contribution < 1.29 is 9.47 Å². The Balaban J connectivity index is 2.16. The van der Waals surface area contributed by atoms with Gasteiger partial charge in [0.25, 0.3) is 0 Å². The summed E-state index contributed by atoms with van der Waals surface area (Å²) in [5.74, 6) is 1.73. The number of hydrogen-bond acceptors (Lipinski definition) is 3. The molecule has 0 bridgehead atoms. The lowest BCUT2D eigenvalue weighted by atomic mass is 9.97. The molecule has 1 saturated carbocycles. The van der Waals surface area contributed by atoms with Crippen LogP contribution in [-0.2, 0) is 6.42 Å². The summed E-state index contributed by atoms with van der Waals surface area (Å²) in [6, 6.07) is 6.03. The molecule has 100 valence electrons. The SMILES string of the molecule is COc1cccc(CCN)c1OC1CCCCC1. The summed E-state index contributed by atoms with van der Waals surface area (Å²) in [4.78, 5) is 0. The van der Waals surface area contributed by atoms with E-state index in [1.165, 1.54) is 19.3 Å². The van der Waals surface area contributed by atoms with E-state index in [0.29, 0.717) is 12.6 Å². The molecule has 0 saturated heterocycles. The minimum Gasteiger partial charge on any atom is -0.493 e. The fraction of sp³-hybridized carbons (Fsp3) is 0.600. The van der Waals surface area contributed by atoms with Gasteiger partial charge in [0.15, 0.2) is 11.5 Å². The number of methoxy groups -OCH3 is 1. The third-order valence-corrected chi connectivity index (χ3v) is 3.53. The first-order valence-electron chi connectivity index (χ1n) is 6.87. The maximum absolute atomic E-state index is 6.18. The third-order valence-electron chi connectivity index (χ3n) is 3.53. The molecule has 3 nitrogen and oxygen atoms in total. The lowest BCUT2D eigenvalue weighted by molar-refractivity contribution is 0.148. The van der Waals surface area contributed by atoms with Crippen molar-refractivity contribution >= 4 is 0 Å². The molecular weight excluding hydrogens is 226 g/mol. The maximum atomic E-state index is 6.18. The quantitative estimate of drug-likeness (QED) is 0.872. The van der Waals surface area contributed by atoms with Crippen LogP contribution < -0.4 is 15.2 Å². The fourth-order valence-electron chi connectivity index (χ4n) is 2.56. The minimum atomic E-state index is 0.339. The van der Waals surface area contributed by atoms with E-state index in [-0.39, 0.29) is 0 Å². The number of benzene rings is 1. The zero-order valence-electron chi connectivity index (χ0n) is 11.2. The zero-order valence-corrected chi connectivity index (χ0v) is 11.2. The number of hydrogen-bond donors (Lipinski definition) is 1. The highest BCUT2D eigenvalue weighted by atomic mass is 16.5. The molecular formula is C15H23NO2. The molecule has 1 aliphatic carbocycles. The fourth-order valence-corrected chi connectivity index (χ4v) is 2.56.